The zero-order valence-electron chi connectivity index (χ0n) is 15.2. The zero-order valence-corrected chi connectivity index (χ0v) is 16.0. The maximum atomic E-state index is 13.3. The van der Waals surface area contributed by atoms with Gasteiger partial charge >= 0.3 is 0 Å². The average molecular weight is 373 g/mol. The van der Waals surface area contributed by atoms with Crippen molar-refractivity contribution in [2.45, 2.75) is 20.4 Å². The molecule has 4 nitrogen and oxygen atoms in total. The highest BCUT2D eigenvalue weighted by atomic mass is 32.1. The Morgan fingerprint density at radius 1 is 1.07 bits per heavy atom. The monoisotopic (exact) mass is 373 g/mol. The number of carbonyl (C=O) groups is 1. The number of hydrogen-bond donors (Lipinski definition) is 0. The van der Waals surface area contributed by atoms with E-state index in [1.807, 2.05) is 68.4 Å². The Bertz CT molecular complexity index is 1100. The molecule has 1 amide bonds. The summed E-state index contributed by atoms with van der Waals surface area (Å²) in [5.41, 5.74) is 4.75. The summed E-state index contributed by atoms with van der Waals surface area (Å²) in [6.07, 6.45) is 3.52. The number of fused-ring (bicyclic) bond motifs is 1. The second-order valence-corrected chi connectivity index (χ2v) is 7.55. The number of aromatic nitrogens is 2. The second-order valence-electron chi connectivity index (χ2n) is 6.54. The number of anilines is 1. The smallest absolute Gasteiger partial charge is 0.260 e. The molecule has 4 rings (SSSR count). The van der Waals surface area contributed by atoms with Crippen molar-refractivity contribution < 1.29 is 4.79 Å². The molecule has 0 fully saturated rings. The molecule has 0 aliphatic carbocycles. The van der Waals surface area contributed by atoms with E-state index in [0.29, 0.717) is 17.2 Å². The van der Waals surface area contributed by atoms with Crippen LogP contribution in [0.4, 0.5) is 5.13 Å². The van der Waals surface area contributed by atoms with E-state index in [4.69, 9.17) is 4.98 Å². The Morgan fingerprint density at radius 3 is 2.67 bits per heavy atom. The lowest BCUT2D eigenvalue weighted by atomic mass is 10.1. The first-order valence-electron chi connectivity index (χ1n) is 8.75. The fourth-order valence-corrected chi connectivity index (χ4v) is 4.07. The van der Waals surface area contributed by atoms with Crippen molar-refractivity contribution in [3.8, 4) is 0 Å². The Labute approximate surface area is 162 Å². The van der Waals surface area contributed by atoms with E-state index in [-0.39, 0.29) is 5.91 Å². The number of thiazole rings is 1. The van der Waals surface area contributed by atoms with E-state index in [1.54, 1.807) is 17.3 Å². The van der Waals surface area contributed by atoms with E-state index in [2.05, 4.69) is 4.98 Å². The molecule has 4 aromatic rings. The molecule has 134 valence electrons. The Balaban J connectivity index is 1.79. The summed E-state index contributed by atoms with van der Waals surface area (Å²) in [6, 6.07) is 17.6. The first-order valence-corrected chi connectivity index (χ1v) is 9.57. The summed E-state index contributed by atoms with van der Waals surface area (Å²) in [4.78, 5) is 24.0. The molecule has 0 N–H and O–H groups in total. The van der Waals surface area contributed by atoms with Crippen LogP contribution in [0.2, 0.25) is 0 Å². The number of nitrogens with zero attached hydrogens (tertiary/aromatic N) is 3. The third-order valence-corrected chi connectivity index (χ3v) is 5.46. The van der Waals surface area contributed by atoms with Gasteiger partial charge in [0.2, 0.25) is 0 Å². The van der Waals surface area contributed by atoms with Crippen molar-refractivity contribution >= 4 is 32.6 Å². The third kappa shape index (κ3) is 3.59. The highest BCUT2D eigenvalue weighted by Gasteiger charge is 2.22. The van der Waals surface area contributed by atoms with Crippen LogP contribution in [-0.4, -0.2) is 15.9 Å². The SMILES string of the molecule is Cc1cccc(C(=O)N(Cc2cccnc2)c2nc3c(C)cccc3s2)c1. The molecule has 0 aliphatic heterocycles. The maximum absolute atomic E-state index is 13.3. The van der Waals surface area contributed by atoms with Gasteiger partial charge in [-0.05, 0) is 49.2 Å². The molecular formula is C22H19N3OS. The number of benzene rings is 2. The van der Waals surface area contributed by atoms with E-state index in [1.165, 1.54) is 11.3 Å². The minimum atomic E-state index is -0.0562. The lowest BCUT2D eigenvalue weighted by molar-refractivity contribution is 0.0985. The lowest BCUT2D eigenvalue weighted by Gasteiger charge is -2.20. The Hall–Kier alpha value is -3.05. The van der Waals surface area contributed by atoms with E-state index >= 15 is 0 Å². The summed E-state index contributed by atoms with van der Waals surface area (Å²) >= 11 is 1.54. The topological polar surface area (TPSA) is 46.1 Å². The number of aryl methyl sites for hydroxylation is 2. The van der Waals surface area contributed by atoms with Crippen LogP contribution in [0.1, 0.15) is 27.0 Å². The summed E-state index contributed by atoms with van der Waals surface area (Å²) < 4.78 is 1.08. The third-order valence-electron chi connectivity index (χ3n) is 4.41. The van der Waals surface area contributed by atoms with Gasteiger partial charge in [-0.2, -0.15) is 0 Å². The van der Waals surface area contributed by atoms with E-state index < -0.39 is 0 Å². The van der Waals surface area contributed by atoms with Crippen LogP contribution in [0.15, 0.2) is 67.0 Å². The van der Waals surface area contributed by atoms with Gasteiger partial charge in [-0.3, -0.25) is 14.7 Å². The molecule has 5 heteroatoms. The van der Waals surface area contributed by atoms with Crippen LogP contribution >= 0.6 is 11.3 Å². The molecule has 0 atom stereocenters. The van der Waals surface area contributed by atoms with Crippen LogP contribution in [-0.2, 0) is 6.54 Å². The van der Waals surface area contributed by atoms with E-state index in [0.717, 1.165) is 26.9 Å². The van der Waals surface area contributed by atoms with Crippen molar-refractivity contribution in [3.63, 3.8) is 0 Å². The molecular weight excluding hydrogens is 354 g/mol. The molecule has 2 aromatic carbocycles. The first kappa shape index (κ1) is 17.4. The summed E-state index contributed by atoms with van der Waals surface area (Å²) in [7, 11) is 0. The van der Waals surface area contributed by atoms with E-state index in [9.17, 15) is 4.79 Å². The summed E-state index contributed by atoms with van der Waals surface area (Å²) in [6.45, 7) is 4.46. The van der Waals surface area contributed by atoms with Gasteiger partial charge in [0.25, 0.3) is 5.91 Å². The molecule has 2 aromatic heterocycles. The predicted octanol–water partition coefficient (Wildman–Crippen LogP) is 5.16. The fourth-order valence-electron chi connectivity index (χ4n) is 3.02. The number of rotatable bonds is 4. The molecule has 2 heterocycles. The maximum Gasteiger partial charge on any atom is 0.260 e. The molecule has 0 radical (unpaired) electrons. The van der Waals surface area contributed by atoms with Gasteiger partial charge in [-0.25, -0.2) is 4.98 Å². The van der Waals surface area contributed by atoms with Gasteiger partial charge in [0.05, 0.1) is 16.8 Å². The lowest BCUT2D eigenvalue weighted by Crippen LogP contribution is -2.30. The van der Waals surface area contributed by atoms with Gasteiger partial charge in [-0.1, -0.05) is 47.2 Å². The number of para-hydroxylation sites is 1. The number of carbonyl (C=O) groups excluding carboxylic acids is 1. The Morgan fingerprint density at radius 2 is 1.93 bits per heavy atom. The van der Waals surface area contributed by atoms with Crippen molar-refractivity contribution in [1.29, 1.82) is 0 Å². The molecule has 0 spiro atoms. The standard InChI is InChI=1S/C22H19N3OS/c1-15-6-3-9-18(12-15)21(26)25(14-17-8-5-11-23-13-17)22-24-20-16(2)7-4-10-19(20)27-22/h3-13H,14H2,1-2H3. The van der Waals surface area contributed by atoms with Gasteiger partial charge in [-0.15, -0.1) is 0 Å². The van der Waals surface area contributed by atoms with Gasteiger partial charge in [0.1, 0.15) is 0 Å². The fraction of sp³-hybridized carbons (Fsp3) is 0.136. The molecule has 0 saturated carbocycles. The van der Waals surface area contributed by atoms with Crippen LogP contribution in [0.25, 0.3) is 10.2 Å². The van der Waals surface area contributed by atoms with Crippen molar-refractivity contribution in [1.82, 2.24) is 9.97 Å². The summed E-state index contributed by atoms with van der Waals surface area (Å²) in [5.74, 6) is -0.0562. The Kier molecular flexibility index (Phi) is 4.69. The zero-order chi connectivity index (χ0) is 18.8. The molecule has 27 heavy (non-hydrogen) atoms. The normalized spacial score (nSPS) is 10.9. The molecule has 0 saturated heterocycles. The quantitative estimate of drug-likeness (QED) is 0.497. The van der Waals surface area contributed by atoms with Crippen molar-refractivity contribution in [2.24, 2.45) is 0 Å². The van der Waals surface area contributed by atoms with Gasteiger partial charge in [0, 0.05) is 18.0 Å². The predicted molar refractivity (Wildman–Crippen MR) is 110 cm³/mol. The molecule has 0 unspecified atom stereocenters. The minimum Gasteiger partial charge on any atom is -0.279 e. The number of hydrogen-bond acceptors (Lipinski definition) is 4. The van der Waals surface area contributed by atoms with Gasteiger partial charge < -0.3 is 0 Å². The highest BCUT2D eigenvalue weighted by molar-refractivity contribution is 7.22. The largest absolute Gasteiger partial charge is 0.279 e. The van der Waals surface area contributed by atoms with Crippen LogP contribution in [0.5, 0.6) is 0 Å². The number of pyridine rings is 1. The van der Waals surface area contributed by atoms with Crippen LogP contribution < -0.4 is 4.90 Å². The second kappa shape index (κ2) is 7.29. The average Bonchev–Trinajstić information content (AvgIpc) is 3.12. The summed E-state index contributed by atoms with van der Waals surface area (Å²) in [5, 5.41) is 0.703. The first-order chi connectivity index (χ1) is 13.1. The molecule has 0 bridgehead atoms. The van der Waals surface area contributed by atoms with Crippen LogP contribution in [0, 0.1) is 13.8 Å². The van der Waals surface area contributed by atoms with Crippen molar-refractivity contribution in [3.05, 3.63) is 89.2 Å². The molecule has 0 aliphatic rings. The van der Waals surface area contributed by atoms with Gasteiger partial charge in [0.15, 0.2) is 5.13 Å². The number of amides is 1. The highest BCUT2D eigenvalue weighted by Crippen LogP contribution is 2.32. The minimum absolute atomic E-state index is 0.0562. The van der Waals surface area contributed by atoms with Crippen LogP contribution in [0.3, 0.4) is 0 Å². The van der Waals surface area contributed by atoms with Crippen molar-refractivity contribution in [2.75, 3.05) is 4.90 Å².